The molecule has 7 heteroatoms. The van der Waals surface area contributed by atoms with Gasteiger partial charge in [0.25, 0.3) is 5.56 Å². The molecule has 5 rings (SSSR count). The number of aryl methyl sites for hydroxylation is 2. The van der Waals surface area contributed by atoms with E-state index in [0.717, 1.165) is 62.5 Å². The van der Waals surface area contributed by atoms with Crippen LogP contribution in [0.25, 0.3) is 11.2 Å². The van der Waals surface area contributed by atoms with Gasteiger partial charge in [0, 0.05) is 32.1 Å². The quantitative estimate of drug-likeness (QED) is 0.386. The number of unbranched alkanes of at least 4 members (excludes halogenated alkanes) is 1. The Morgan fingerprint density at radius 3 is 2.36 bits per heavy atom. The fourth-order valence-corrected chi connectivity index (χ4v) is 5.13. The van der Waals surface area contributed by atoms with Gasteiger partial charge in [-0.3, -0.25) is 13.9 Å². The Labute approximate surface area is 212 Å². The molecule has 1 atom stereocenters. The molecule has 3 heterocycles. The molecule has 36 heavy (non-hydrogen) atoms. The predicted octanol–water partition coefficient (Wildman–Crippen LogP) is 4.15. The van der Waals surface area contributed by atoms with Gasteiger partial charge in [0.2, 0.25) is 5.95 Å². The molecule has 0 aliphatic carbocycles. The van der Waals surface area contributed by atoms with E-state index in [0.29, 0.717) is 30.7 Å². The first-order valence-electron chi connectivity index (χ1n) is 13.2. The lowest BCUT2D eigenvalue weighted by molar-refractivity contribution is 0.495. The summed E-state index contributed by atoms with van der Waals surface area (Å²) in [5.74, 6) is 1.62. The summed E-state index contributed by atoms with van der Waals surface area (Å²) in [6.45, 7) is 5.02. The highest BCUT2D eigenvalue weighted by atomic mass is 16.1. The van der Waals surface area contributed by atoms with E-state index in [4.69, 9.17) is 15.7 Å². The summed E-state index contributed by atoms with van der Waals surface area (Å²) in [5.41, 5.74) is 9.84. The fraction of sp³-hybridized carbons (Fsp3) is 0.414. The maximum absolute atomic E-state index is 14.1. The summed E-state index contributed by atoms with van der Waals surface area (Å²) >= 11 is 0. The van der Waals surface area contributed by atoms with Crippen molar-refractivity contribution in [2.24, 2.45) is 5.73 Å². The minimum atomic E-state index is 0.00695. The summed E-state index contributed by atoms with van der Waals surface area (Å²) in [6, 6.07) is 20.8. The first kappa shape index (κ1) is 24.3. The van der Waals surface area contributed by atoms with Gasteiger partial charge in [-0.1, -0.05) is 74.0 Å². The number of anilines is 1. The van der Waals surface area contributed by atoms with Crippen LogP contribution in [0.5, 0.6) is 0 Å². The van der Waals surface area contributed by atoms with Crippen LogP contribution in [-0.2, 0) is 25.9 Å². The third-order valence-electron chi connectivity index (χ3n) is 7.06. The monoisotopic (exact) mass is 484 g/mol. The Hall–Kier alpha value is -3.45. The molecule has 2 aromatic carbocycles. The number of hydrogen-bond donors (Lipinski definition) is 1. The summed E-state index contributed by atoms with van der Waals surface area (Å²) in [6.07, 6.45) is 5.53. The zero-order chi connectivity index (χ0) is 24.9. The van der Waals surface area contributed by atoms with E-state index in [2.05, 4.69) is 52.8 Å². The lowest BCUT2D eigenvalue weighted by atomic mass is 10.1. The van der Waals surface area contributed by atoms with Gasteiger partial charge in [-0.05, 0) is 36.8 Å². The van der Waals surface area contributed by atoms with Crippen LogP contribution in [0.4, 0.5) is 5.95 Å². The topological polar surface area (TPSA) is 82.0 Å². The highest BCUT2D eigenvalue weighted by Crippen LogP contribution is 2.24. The number of hydrogen-bond acceptors (Lipinski definition) is 5. The first-order valence-corrected chi connectivity index (χ1v) is 13.2. The minimum Gasteiger partial charge on any atom is -0.341 e. The molecule has 1 unspecified atom stereocenters. The molecule has 0 amide bonds. The molecule has 1 saturated heterocycles. The largest absolute Gasteiger partial charge is 0.341 e. The number of nitrogens with two attached hydrogens (primary N) is 1. The molecule has 188 valence electrons. The van der Waals surface area contributed by atoms with Gasteiger partial charge >= 0.3 is 0 Å². The average molecular weight is 485 g/mol. The molecule has 1 aliphatic heterocycles. The van der Waals surface area contributed by atoms with Crippen molar-refractivity contribution in [3.8, 4) is 0 Å². The van der Waals surface area contributed by atoms with Crippen molar-refractivity contribution in [1.82, 2.24) is 19.1 Å². The standard InChI is InChI=1S/C29H36N6O/c1-2-3-19-34-25(17-16-22-11-6-4-7-12-22)31-27-26(28(34)36)35(20-23-13-8-5-9-14-23)29(32-27)33-18-10-15-24(30)21-33/h4-9,11-14,24H,2-3,10,15-21,30H2,1H3. The maximum atomic E-state index is 14.1. The van der Waals surface area contributed by atoms with E-state index in [-0.39, 0.29) is 11.6 Å². The number of nitrogens with zero attached hydrogens (tertiary/aromatic N) is 5. The van der Waals surface area contributed by atoms with Crippen molar-refractivity contribution >= 4 is 17.1 Å². The van der Waals surface area contributed by atoms with E-state index in [1.54, 1.807) is 0 Å². The Morgan fingerprint density at radius 1 is 0.944 bits per heavy atom. The first-order chi connectivity index (χ1) is 17.6. The molecule has 4 aromatic rings. The molecular formula is C29H36N6O. The summed E-state index contributed by atoms with van der Waals surface area (Å²) in [4.78, 5) is 26.3. The highest BCUT2D eigenvalue weighted by molar-refractivity contribution is 5.74. The molecule has 7 nitrogen and oxygen atoms in total. The molecule has 2 aromatic heterocycles. The zero-order valence-corrected chi connectivity index (χ0v) is 21.1. The van der Waals surface area contributed by atoms with Gasteiger partial charge < -0.3 is 10.6 Å². The van der Waals surface area contributed by atoms with Gasteiger partial charge in [0.05, 0.1) is 6.54 Å². The molecule has 0 bridgehead atoms. The molecule has 0 saturated carbocycles. The number of fused-ring (bicyclic) bond motifs is 1. The average Bonchev–Trinajstić information content (AvgIpc) is 3.26. The van der Waals surface area contributed by atoms with Gasteiger partial charge in [0.1, 0.15) is 5.82 Å². The summed E-state index contributed by atoms with van der Waals surface area (Å²) < 4.78 is 3.96. The van der Waals surface area contributed by atoms with Crippen molar-refractivity contribution in [3.05, 3.63) is 88.0 Å². The van der Waals surface area contributed by atoms with Gasteiger partial charge in [0.15, 0.2) is 11.2 Å². The SMILES string of the molecule is CCCCn1c(CCc2ccccc2)nc2nc(N3CCCC(N)C3)n(Cc3ccccc3)c2c1=O. The van der Waals surface area contributed by atoms with E-state index in [1.807, 2.05) is 28.8 Å². The molecule has 1 fully saturated rings. The zero-order valence-electron chi connectivity index (χ0n) is 21.1. The Balaban J connectivity index is 1.62. The number of piperidine rings is 1. The summed E-state index contributed by atoms with van der Waals surface area (Å²) in [7, 11) is 0. The second-order valence-electron chi connectivity index (χ2n) is 9.83. The molecular weight excluding hydrogens is 448 g/mol. The predicted molar refractivity (Wildman–Crippen MR) is 146 cm³/mol. The molecule has 0 radical (unpaired) electrons. The van der Waals surface area contributed by atoms with Crippen LogP contribution >= 0.6 is 0 Å². The molecule has 2 N–H and O–H groups in total. The van der Waals surface area contributed by atoms with Crippen molar-refractivity contribution in [2.75, 3.05) is 18.0 Å². The Bertz CT molecular complexity index is 1350. The molecule has 1 aliphatic rings. The lowest BCUT2D eigenvalue weighted by Crippen LogP contribution is -2.44. The van der Waals surface area contributed by atoms with Crippen molar-refractivity contribution < 1.29 is 0 Å². The molecule has 0 spiro atoms. The van der Waals surface area contributed by atoms with E-state index < -0.39 is 0 Å². The van der Waals surface area contributed by atoms with Crippen LogP contribution in [0.2, 0.25) is 0 Å². The van der Waals surface area contributed by atoms with Gasteiger partial charge in [-0.2, -0.15) is 4.98 Å². The van der Waals surface area contributed by atoms with Gasteiger partial charge in [-0.25, -0.2) is 4.98 Å². The maximum Gasteiger partial charge on any atom is 0.279 e. The van der Waals surface area contributed by atoms with Crippen LogP contribution in [0.15, 0.2) is 65.5 Å². The lowest BCUT2D eigenvalue weighted by Gasteiger charge is -2.31. The van der Waals surface area contributed by atoms with Crippen LogP contribution in [0.3, 0.4) is 0 Å². The smallest absolute Gasteiger partial charge is 0.279 e. The summed E-state index contributed by atoms with van der Waals surface area (Å²) in [5, 5.41) is 0. The van der Waals surface area contributed by atoms with Gasteiger partial charge in [-0.15, -0.1) is 0 Å². The third kappa shape index (κ3) is 5.21. The van der Waals surface area contributed by atoms with Crippen molar-refractivity contribution in [1.29, 1.82) is 0 Å². The van der Waals surface area contributed by atoms with E-state index >= 15 is 0 Å². The third-order valence-corrected chi connectivity index (χ3v) is 7.06. The van der Waals surface area contributed by atoms with E-state index in [9.17, 15) is 4.79 Å². The van der Waals surface area contributed by atoms with Crippen molar-refractivity contribution in [2.45, 2.75) is 64.6 Å². The number of benzene rings is 2. The van der Waals surface area contributed by atoms with Crippen molar-refractivity contribution in [3.63, 3.8) is 0 Å². The normalized spacial score (nSPS) is 16.1. The Morgan fingerprint density at radius 2 is 1.67 bits per heavy atom. The number of imidazole rings is 1. The van der Waals surface area contributed by atoms with Crippen LogP contribution in [0.1, 0.15) is 49.6 Å². The van der Waals surface area contributed by atoms with Crippen LogP contribution in [-0.4, -0.2) is 38.2 Å². The number of aromatic nitrogens is 4. The number of rotatable bonds is 9. The van der Waals surface area contributed by atoms with Crippen LogP contribution in [0, 0.1) is 0 Å². The Kier molecular flexibility index (Phi) is 7.47. The highest BCUT2D eigenvalue weighted by Gasteiger charge is 2.26. The second kappa shape index (κ2) is 11.1. The minimum absolute atomic E-state index is 0.00695. The second-order valence-corrected chi connectivity index (χ2v) is 9.83. The van der Waals surface area contributed by atoms with E-state index in [1.165, 1.54) is 5.56 Å². The van der Waals surface area contributed by atoms with Crippen LogP contribution < -0.4 is 16.2 Å². The fourth-order valence-electron chi connectivity index (χ4n) is 5.13.